The Bertz CT molecular complexity index is 849. The molecule has 0 atom stereocenters. The number of hydrogen-bond donors (Lipinski definition) is 2. The lowest BCUT2D eigenvalue weighted by atomic mass is 10.1. The Labute approximate surface area is 155 Å². The second kappa shape index (κ2) is 8.53. The van der Waals surface area contributed by atoms with Gasteiger partial charge >= 0.3 is 6.18 Å². The Morgan fingerprint density at radius 1 is 0.889 bits per heavy atom. The van der Waals surface area contributed by atoms with Crippen molar-refractivity contribution in [1.82, 2.24) is 9.97 Å². The van der Waals surface area contributed by atoms with E-state index < -0.39 is 11.7 Å². The topological polar surface area (TPSA) is 49.8 Å². The summed E-state index contributed by atoms with van der Waals surface area (Å²) in [7, 11) is 0. The molecule has 0 bridgehead atoms. The highest BCUT2D eigenvalue weighted by atomic mass is 19.4. The molecule has 1 heterocycles. The minimum Gasteiger partial charge on any atom is -0.354 e. The predicted molar refractivity (Wildman–Crippen MR) is 100 cm³/mol. The highest BCUT2D eigenvalue weighted by Crippen LogP contribution is 2.30. The highest BCUT2D eigenvalue weighted by Gasteiger charge is 2.29. The number of nitrogens with zero attached hydrogens (tertiary/aromatic N) is 2. The van der Waals surface area contributed by atoms with Crippen molar-refractivity contribution in [3.63, 3.8) is 0 Å². The Kier molecular flexibility index (Phi) is 5.90. The molecule has 4 nitrogen and oxygen atoms in total. The normalized spacial score (nSPS) is 11.2. The van der Waals surface area contributed by atoms with Crippen molar-refractivity contribution >= 4 is 17.5 Å². The van der Waals surface area contributed by atoms with Gasteiger partial charge in [0.15, 0.2) is 0 Å². The van der Waals surface area contributed by atoms with Gasteiger partial charge in [-0.3, -0.25) is 0 Å². The third kappa shape index (κ3) is 5.70. The third-order valence-corrected chi connectivity index (χ3v) is 3.91. The summed E-state index contributed by atoms with van der Waals surface area (Å²) in [5.74, 6) is 0.982. The molecular weight excluding hydrogens is 353 g/mol. The summed E-state index contributed by atoms with van der Waals surface area (Å²) in [6.07, 6.45) is -0.857. The summed E-state index contributed by atoms with van der Waals surface area (Å²) in [6, 6.07) is 16.7. The molecular formula is C20H19F3N4. The van der Waals surface area contributed by atoms with E-state index in [1.165, 1.54) is 17.7 Å². The first-order valence-corrected chi connectivity index (χ1v) is 8.56. The standard InChI is InChI=1S/C20H19F3N4/c21-20(22,23)16-8-10-17(11-9-16)26-18-12-14-25-19(27-18)24-13-4-7-15-5-2-1-3-6-15/h1-3,5-6,8-12,14H,4,7,13H2,(H2,24,25,26,27). The number of alkyl halides is 3. The van der Waals surface area contributed by atoms with E-state index in [1.54, 1.807) is 12.3 Å². The van der Waals surface area contributed by atoms with Crippen molar-refractivity contribution in [2.24, 2.45) is 0 Å². The fourth-order valence-corrected chi connectivity index (χ4v) is 2.54. The summed E-state index contributed by atoms with van der Waals surface area (Å²) >= 11 is 0. The average Bonchev–Trinajstić information content (AvgIpc) is 2.66. The molecule has 0 aliphatic rings. The number of aromatic nitrogens is 2. The zero-order valence-electron chi connectivity index (χ0n) is 14.5. The van der Waals surface area contributed by atoms with E-state index in [4.69, 9.17) is 0 Å². The van der Waals surface area contributed by atoms with Gasteiger partial charge in [-0.05, 0) is 48.7 Å². The second-order valence-corrected chi connectivity index (χ2v) is 5.98. The maximum atomic E-state index is 12.6. The van der Waals surface area contributed by atoms with Crippen LogP contribution in [0.4, 0.5) is 30.6 Å². The molecule has 0 aliphatic heterocycles. The van der Waals surface area contributed by atoms with Crippen molar-refractivity contribution in [3.05, 3.63) is 78.0 Å². The van der Waals surface area contributed by atoms with Crippen molar-refractivity contribution < 1.29 is 13.2 Å². The molecule has 0 aliphatic carbocycles. The molecule has 3 aromatic rings. The van der Waals surface area contributed by atoms with Gasteiger partial charge in [0.05, 0.1) is 5.56 Å². The molecule has 0 unspecified atom stereocenters. The molecule has 0 radical (unpaired) electrons. The van der Waals surface area contributed by atoms with Gasteiger partial charge in [0, 0.05) is 18.4 Å². The molecule has 0 amide bonds. The Morgan fingerprint density at radius 2 is 1.63 bits per heavy atom. The van der Waals surface area contributed by atoms with E-state index in [2.05, 4.69) is 32.7 Å². The van der Waals surface area contributed by atoms with E-state index in [1.807, 2.05) is 18.2 Å². The largest absolute Gasteiger partial charge is 0.416 e. The average molecular weight is 372 g/mol. The van der Waals surface area contributed by atoms with Crippen molar-refractivity contribution in [2.75, 3.05) is 17.2 Å². The Morgan fingerprint density at radius 3 is 2.33 bits per heavy atom. The lowest BCUT2D eigenvalue weighted by molar-refractivity contribution is -0.137. The van der Waals surface area contributed by atoms with E-state index in [9.17, 15) is 13.2 Å². The highest BCUT2D eigenvalue weighted by molar-refractivity contribution is 5.57. The van der Waals surface area contributed by atoms with Crippen LogP contribution in [0, 0.1) is 0 Å². The van der Waals surface area contributed by atoms with Crippen LogP contribution in [0.3, 0.4) is 0 Å². The monoisotopic (exact) mass is 372 g/mol. The summed E-state index contributed by atoms with van der Waals surface area (Å²) in [5, 5.41) is 6.14. The SMILES string of the molecule is FC(F)(F)c1ccc(Nc2ccnc(NCCCc3ccccc3)n2)cc1. The minimum atomic E-state index is -4.34. The first-order chi connectivity index (χ1) is 13.0. The number of rotatable bonds is 7. The van der Waals surface area contributed by atoms with Crippen LogP contribution in [-0.4, -0.2) is 16.5 Å². The van der Waals surface area contributed by atoms with Gasteiger partial charge in [0.25, 0.3) is 0 Å². The van der Waals surface area contributed by atoms with Crippen LogP contribution in [0.15, 0.2) is 66.9 Å². The molecule has 0 saturated heterocycles. The van der Waals surface area contributed by atoms with Crippen LogP contribution in [-0.2, 0) is 12.6 Å². The summed E-state index contributed by atoms with van der Waals surface area (Å²) in [5.41, 5.74) is 1.12. The molecule has 0 spiro atoms. The Balaban J connectivity index is 1.52. The summed E-state index contributed by atoms with van der Waals surface area (Å²) in [4.78, 5) is 8.49. The predicted octanol–water partition coefficient (Wildman–Crippen LogP) is 5.28. The quantitative estimate of drug-likeness (QED) is 0.554. The lowest BCUT2D eigenvalue weighted by Crippen LogP contribution is -2.07. The van der Waals surface area contributed by atoms with Crippen LogP contribution in [0.25, 0.3) is 0 Å². The third-order valence-electron chi connectivity index (χ3n) is 3.91. The summed E-state index contributed by atoms with van der Waals surface area (Å²) < 4.78 is 37.8. The van der Waals surface area contributed by atoms with Crippen LogP contribution < -0.4 is 10.6 Å². The van der Waals surface area contributed by atoms with Gasteiger partial charge in [-0.25, -0.2) is 4.98 Å². The van der Waals surface area contributed by atoms with Gasteiger partial charge in [-0.15, -0.1) is 0 Å². The smallest absolute Gasteiger partial charge is 0.354 e. The molecule has 0 saturated carbocycles. The first kappa shape index (κ1) is 18.7. The molecule has 1 aromatic heterocycles. The molecule has 3 rings (SSSR count). The fourth-order valence-electron chi connectivity index (χ4n) is 2.54. The zero-order chi connectivity index (χ0) is 19.1. The van der Waals surface area contributed by atoms with E-state index in [0.717, 1.165) is 31.5 Å². The van der Waals surface area contributed by atoms with Crippen LogP contribution >= 0.6 is 0 Å². The maximum Gasteiger partial charge on any atom is 0.416 e. The number of hydrogen-bond acceptors (Lipinski definition) is 4. The number of nitrogens with one attached hydrogen (secondary N) is 2. The molecule has 7 heteroatoms. The summed E-state index contributed by atoms with van der Waals surface area (Å²) in [6.45, 7) is 0.721. The second-order valence-electron chi connectivity index (χ2n) is 5.98. The van der Waals surface area contributed by atoms with E-state index in [-0.39, 0.29) is 0 Å². The van der Waals surface area contributed by atoms with Crippen molar-refractivity contribution in [1.29, 1.82) is 0 Å². The maximum absolute atomic E-state index is 12.6. The van der Waals surface area contributed by atoms with Crippen LogP contribution in [0.2, 0.25) is 0 Å². The molecule has 2 N–H and O–H groups in total. The van der Waals surface area contributed by atoms with Gasteiger partial charge in [-0.1, -0.05) is 30.3 Å². The zero-order valence-corrected chi connectivity index (χ0v) is 14.5. The molecule has 2 aromatic carbocycles. The Hall–Kier alpha value is -3.09. The molecule has 0 fully saturated rings. The number of benzene rings is 2. The molecule has 140 valence electrons. The van der Waals surface area contributed by atoms with Gasteiger partial charge in [0.2, 0.25) is 5.95 Å². The van der Waals surface area contributed by atoms with E-state index in [0.29, 0.717) is 17.5 Å². The number of aryl methyl sites for hydroxylation is 1. The minimum absolute atomic E-state index is 0.472. The number of halogens is 3. The van der Waals surface area contributed by atoms with Crippen molar-refractivity contribution in [2.45, 2.75) is 19.0 Å². The molecule has 27 heavy (non-hydrogen) atoms. The first-order valence-electron chi connectivity index (χ1n) is 8.56. The van der Waals surface area contributed by atoms with Gasteiger partial charge in [0.1, 0.15) is 5.82 Å². The fraction of sp³-hybridized carbons (Fsp3) is 0.200. The lowest BCUT2D eigenvalue weighted by Gasteiger charge is -2.10. The van der Waals surface area contributed by atoms with Crippen molar-refractivity contribution in [3.8, 4) is 0 Å². The van der Waals surface area contributed by atoms with Crippen LogP contribution in [0.5, 0.6) is 0 Å². The van der Waals surface area contributed by atoms with E-state index >= 15 is 0 Å². The number of anilines is 3. The van der Waals surface area contributed by atoms with Gasteiger partial charge in [-0.2, -0.15) is 18.2 Å². The van der Waals surface area contributed by atoms with Gasteiger partial charge < -0.3 is 10.6 Å². The van der Waals surface area contributed by atoms with Crippen LogP contribution in [0.1, 0.15) is 17.5 Å².